The molecule has 0 unspecified atom stereocenters. The number of aliphatic hydroxyl groups is 1. The summed E-state index contributed by atoms with van der Waals surface area (Å²) in [7, 11) is 0. The van der Waals surface area contributed by atoms with Gasteiger partial charge in [0, 0.05) is 17.7 Å². The van der Waals surface area contributed by atoms with Crippen LogP contribution in [0.4, 0.5) is 10.5 Å². The molecule has 0 saturated carbocycles. The topological polar surface area (TPSA) is 100 Å². The van der Waals surface area contributed by atoms with Gasteiger partial charge in [0.05, 0.1) is 12.1 Å². The van der Waals surface area contributed by atoms with E-state index >= 15 is 0 Å². The van der Waals surface area contributed by atoms with Gasteiger partial charge in [0.2, 0.25) is 0 Å². The van der Waals surface area contributed by atoms with Gasteiger partial charge in [-0.25, -0.2) is 4.79 Å². The Bertz CT molecular complexity index is 715. The largest absolute Gasteiger partial charge is 0.394 e. The molecule has 0 aliphatic rings. The summed E-state index contributed by atoms with van der Waals surface area (Å²) in [6.45, 7) is 7.63. The first-order valence-electron chi connectivity index (χ1n) is 8.60. The molecule has 0 fully saturated rings. The smallest absolute Gasteiger partial charge is 0.319 e. The number of aromatic nitrogens is 2. The zero-order valence-corrected chi connectivity index (χ0v) is 15.2. The maximum atomic E-state index is 12.4. The summed E-state index contributed by atoms with van der Waals surface area (Å²) in [5.74, 6) is 1.06. The fraction of sp³-hybridized carbons (Fsp3) is 0.500. The number of nitrogens with zero attached hydrogens (tertiary/aromatic N) is 2. The van der Waals surface area contributed by atoms with Gasteiger partial charge in [0.1, 0.15) is 0 Å². The number of rotatable bonds is 7. The fourth-order valence-electron chi connectivity index (χ4n) is 2.49. The molecule has 1 aromatic heterocycles. The van der Waals surface area contributed by atoms with E-state index in [4.69, 9.17) is 4.52 Å². The monoisotopic (exact) mass is 346 g/mol. The van der Waals surface area contributed by atoms with E-state index in [9.17, 15) is 9.90 Å². The van der Waals surface area contributed by atoms with Crippen molar-refractivity contribution < 1.29 is 14.4 Å². The molecule has 0 saturated heterocycles. The maximum absolute atomic E-state index is 12.4. The van der Waals surface area contributed by atoms with Gasteiger partial charge in [-0.3, -0.25) is 0 Å². The highest BCUT2D eigenvalue weighted by molar-refractivity contribution is 5.91. The normalized spacial score (nSPS) is 11.4. The van der Waals surface area contributed by atoms with Crippen molar-refractivity contribution in [2.45, 2.75) is 52.5 Å². The number of anilines is 1. The van der Waals surface area contributed by atoms with Crippen LogP contribution in [-0.4, -0.2) is 33.4 Å². The molecule has 0 aliphatic heterocycles. The molecule has 7 nitrogen and oxygen atoms in total. The molecular weight excluding hydrogens is 320 g/mol. The molecule has 7 heteroatoms. The Morgan fingerprint density at radius 1 is 1.28 bits per heavy atom. The van der Waals surface area contributed by atoms with E-state index < -0.39 is 5.54 Å². The molecule has 0 aliphatic carbocycles. The highest BCUT2D eigenvalue weighted by Gasteiger charge is 2.27. The molecule has 1 aromatic carbocycles. The Kier molecular flexibility index (Phi) is 6.14. The van der Waals surface area contributed by atoms with Crippen LogP contribution in [0, 0.1) is 6.92 Å². The maximum Gasteiger partial charge on any atom is 0.319 e. The Hall–Kier alpha value is -2.41. The van der Waals surface area contributed by atoms with E-state index in [-0.39, 0.29) is 12.6 Å². The first-order chi connectivity index (χ1) is 12.0. The van der Waals surface area contributed by atoms with Crippen molar-refractivity contribution in [2.24, 2.45) is 0 Å². The minimum Gasteiger partial charge on any atom is -0.394 e. The number of urea groups is 1. The number of aliphatic hydroxyl groups excluding tert-OH is 1. The Balaban J connectivity index is 2.19. The van der Waals surface area contributed by atoms with E-state index in [0.717, 1.165) is 11.1 Å². The number of amides is 2. The van der Waals surface area contributed by atoms with Crippen LogP contribution in [0.1, 0.15) is 45.0 Å². The molecule has 0 radical (unpaired) electrons. The molecule has 2 aromatic rings. The number of carbonyl (C=O) groups excluding carboxylic acids is 1. The summed E-state index contributed by atoms with van der Waals surface area (Å²) in [5.41, 5.74) is 1.70. The number of nitrogens with one attached hydrogen (secondary N) is 2. The predicted molar refractivity (Wildman–Crippen MR) is 96.4 cm³/mol. The SMILES string of the molecule is CCc1noc(-c2ccc(C)c(NC(=O)NC(CC)(CC)CO)c2)n1. The van der Waals surface area contributed by atoms with Crippen molar-refractivity contribution in [1.29, 1.82) is 0 Å². The minimum atomic E-state index is -0.613. The van der Waals surface area contributed by atoms with Gasteiger partial charge in [0.15, 0.2) is 5.82 Å². The van der Waals surface area contributed by atoms with Crippen LogP contribution < -0.4 is 10.6 Å². The summed E-state index contributed by atoms with van der Waals surface area (Å²) in [4.78, 5) is 16.7. The average Bonchev–Trinajstić information content (AvgIpc) is 3.11. The lowest BCUT2D eigenvalue weighted by Crippen LogP contribution is -2.52. The van der Waals surface area contributed by atoms with Crippen LogP contribution in [0.15, 0.2) is 22.7 Å². The lowest BCUT2D eigenvalue weighted by Gasteiger charge is -2.30. The van der Waals surface area contributed by atoms with E-state index in [1.54, 1.807) is 6.07 Å². The van der Waals surface area contributed by atoms with Gasteiger partial charge in [-0.2, -0.15) is 4.98 Å². The highest BCUT2D eigenvalue weighted by atomic mass is 16.5. The predicted octanol–water partition coefficient (Wildman–Crippen LogP) is 3.28. The number of benzene rings is 1. The first kappa shape index (κ1) is 18.9. The molecule has 3 N–H and O–H groups in total. The van der Waals surface area contributed by atoms with Crippen LogP contribution in [0.5, 0.6) is 0 Å². The van der Waals surface area contributed by atoms with Gasteiger partial charge in [-0.1, -0.05) is 32.0 Å². The van der Waals surface area contributed by atoms with Crippen LogP contribution in [0.25, 0.3) is 11.5 Å². The number of hydrogen-bond acceptors (Lipinski definition) is 5. The van der Waals surface area contributed by atoms with Crippen molar-refractivity contribution in [3.8, 4) is 11.5 Å². The second kappa shape index (κ2) is 8.11. The lowest BCUT2D eigenvalue weighted by atomic mass is 9.94. The van der Waals surface area contributed by atoms with Crippen molar-refractivity contribution >= 4 is 11.7 Å². The molecule has 0 bridgehead atoms. The standard InChI is InChI=1S/C18H26N4O3/c1-5-15-20-16(25-22-15)13-9-8-12(4)14(10-13)19-17(24)21-18(6-2,7-3)11-23/h8-10,23H,5-7,11H2,1-4H3,(H2,19,21,24). The Morgan fingerprint density at radius 3 is 2.56 bits per heavy atom. The third-order valence-corrected chi connectivity index (χ3v) is 4.55. The third kappa shape index (κ3) is 4.36. The number of carbonyl (C=O) groups is 1. The van der Waals surface area contributed by atoms with Crippen molar-refractivity contribution in [3.63, 3.8) is 0 Å². The van der Waals surface area contributed by atoms with Gasteiger partial charge in [0.25, 0.3) is 5.89 Å². The number of hydrogen-bond donors (Lipinski definition) is 3. The zero-order valence-electron chi connectivity index (χ0n) is 15.2. The highest BCUT2D eigenvalue weighted by Crippen LogP contribution is 2.25. The van der Waals surface area contributed by atoms with Gasteiger partial charge in [-0.15, -0.1) is 0 Å². The quantitative estimate of drug-likeness (QED) is 0.714. The molecule has 0 atom stereocenters. The fourth-order valence-corrected chi connectivity index (χ4v) is 2.49. The summed E-state index contributed by atoms with van der Waals surface area (Å²) in [6.07, 6.45) is 1.99. The summed E-state index contributed by atoms with van der Waals surface area (Å²) in [5, 5.41) is 19.2. The van der Waals surface area contributed by atoms with E-state index in [0.29, 0.717) is 36.7 Å². The summed E-state index contributed by atoms with van der Waals surface area (Å²) in [6, 6.07) is 5.22. The molecular formula is C18H26N4O3. The van der Waals surface area contributed by atoms with Crippen LogP contribution in [0.2, 0.25) is 0 Å². The number of aryl methyl sites for hydroxylation is 2. The van der Waals surface area contributed by atoms with E-state index in [1.165, 1.54) is 0 Å². The zero-order chi connectivity index (χ0) is 18.4. The van der Waals surface area contributed by atoms with Crippen LogP contribution in [-0.2, 0) is 6.42 Å². The van der Waals surface area contributed by atoms with Gasteiger partial charge >= 0.3 is 6.03 Å². The summed E-state index contributed by atoms with van der Waals surface area (Å²) >= 11 is 0. The van der Waals surface area contributed by atoms with Crippen molar-refractivity contribution in [3.05, 3.63) is 29.6 Å². The molecule has 2 amide bonds. The van der Waals surface area contributed by atoms with Crippen molar-refractivity contribution in [1.82, 2.24) is 15.5 Å². The van der Waals surface area contributed by atoms with Crippen molar-refractivity contribution in [2.75, 3.05) is 11.9 Å². The third-order valence-electron chi connectivity index (χ3n) is 4.55. The second-order valence-corrected chi connectivity index (χ2v) is 6.12. The molecule has 2 rings (SSSR count). The average molecular weight is 346 g/mol. The molecule has 1 heterocycles. The van der Waals surface area contributed by atoms with E-state index in [2.05, 4.69) is 20.8 Å². The summed E-state index contributed by atoms with van der Waals surface area (Å²) < 4.78 is 5.25. The lowest BCUT2D eigenvalue weighted by molar-refractivity contribution is 0.155. The van der Waals surface area contributed by atoms with Gasteiger partial charge in [-0.05, 0) is 37.5 Å². The first-order valence-corrected chi connectivity index (χ1v) is 8.60. The molecule has 136 valence electrons. The van der Waals surface area contributed by atoms with Gasteiger partial charge < -0.3 is 20.3 Å². The minimum absolute atomic E-state index is 0.103. The van der Waals surface area contributed by atoms with Crippen LogP contribution in [0.3, 0.4) is 0 Å². The molecule has 25 heavy (non-hydrogen) atoms. The second-order valence-electron chi connectivity index (χ2n) is 6.12. The van der Waals surface area contributed by atoms with E-state index in [1.807, 2.05) is 39.8 Å². The Labute approximate surface area is 147 Å². The Morgan fingerprint density at radius 2 is 2.00 bits per heavy atom. The van der Waals surface area contributed by atoms with Crippen LogP contribution >= 0.6 is 0 Å². The molecule has 0 spiro atoms.